The summed E-state index contributed by atoms with van der Waals surface area (Å²) in [5.74, 6) is -1.99. The Kier molecular flexibility index (Phi) is 8.74. The van der Waals surface area contributed by atoms with Gasteiger partial charge in [-0.05, 0) is 62.4 Å². The molecule has 4 N–H and O–H groups in total. The summed E-state index contributed by atoms with van der Waals surface area (Å²) in [5, 5.41) is 15.9. The molecule has 0 saturated carbocycles. The average molecular weight is 613 g/mol. The summed E-state index contributed by atoms with van der Waals surface area (Å²) in [6.07, 6.45) is 9.87. The maximum atomic E-state index is 15.3. The van der Waals surface area contributed by atoms with Crippen molar-refractivity contribution in [1.82, 2.24) is 24.4 Å². The van der Waals surface area contributed by atoms with Crippen LogP contribution in [0.2, 0.25) is 0 Å². The Morgan fingerprint density at radius 1 is 1.09 bits per heavy atom. The van der Waals surface area contributed by atoms with Crippen molar-refractivity contribution in [2.75, 3.05) is 10.6 Å². The minimum absolute atomic E-state index is 0.00867. The van der Waals surface area contributed by atoms with Gasteiger partial charge in [0.25, 0.3) is 11.5 Å². The average Bonchev–Trinajstić information content (AvgIpc) is 3.01. The monoisotopic (exact) mass is 612 g/mol. The van der Waals surface area contributed by atoms with Gasteiger partial charge in [-0.1, -0.05) is 0 Å². The molecule has 12 nitrogen and oxygen atoms in total. The van der Waals surface area contributed by atoms with E-state index in [4.69, 9.17) is 10.1 Å². The third-order valence-electron chi connectivity index (χ3n) is 6.42. The molecule has 0 fully saturated rings. The van der Waals surface area contributed by atoms with Crippen molar-refractivity contribution < 1.29 is 18.3 Å². The lowest BCUT2D eigenvalue weighted by molar-refractivity contribution is 0.102. The first-order valence-corrected chi connectivity index (χ1v) is 13.5. The van der Waals surface area contributed by atoms with Crippen LogP contribution in [0.4, 0.5) is 20.4 Å². The van der Waals surface area contributed by atoms with Gasteiger partial charge in [0, 0.05) is 54.9 Å². The van der Waals surface area contributed by atoms with E-state index in [1.54, 1.807) is 44.6 Å². The smallest absolute Gasteiger partial charge is 0.335 e. The van der Waals surface area contributed by atoms with Crippen LogP contribution in [0.15, 0.2) is 112 Å². The Balaban J connectivity index is 1.40. The SMILES string of the molecule is CC(C)n1cc(C(=O)Nc2ccc(OC3=CC(Nc4ncccn4)=CN/C3=C\C=N)c(F)c2)c(=O)n(-c2ccc(F)cc2)c1=O. The molecule has 45 heavy (non-hydrogen) atoms. The number of benzene rings is 2. The van der Waals surface area contributed by atoms with Gasteiger partial charge in [0.1, 0.15) is 11.4 Å². The van der Waals surface area contributed by atoms with Crippen molar-refractivity contribution in [2.45, 2.75) is 19.9 Å². The molecule has 4 aromatic rings. The Bertz CT molecular complexity index is 1980. The van der Waals surface area contributed by atoms with Gasteiger partial charge < -0.3 is 26.1 Å². The van der Waals surface area contributed by atoms with Gasteiger partial charge >= 0.3 is 5.69 Å². The summed E-state index contributed by atoms with van der Waals surface area (Å²) in [5.41, 5.74) is -1.07. The normalized spacial score (nSPS) is 13.5. The Morgan fingerprint density at radius 2 is 1.82 bits per heavy atom. The van der Waals surface area contributed by atoms with Crippen LogP contribution in [0.1, 0.15) is 30.2 Å². The molecule has 2 aromatic heterocycles. The number of ether oxygens (including phenoxy) is 1. The fourth-order valence-corrected chi connectivity index (χ4v) is 4.24. The van der Waals surface area contributed by atoms with Crippen molar-refractivity contribution in [3.8, 4) is 11.4 Å². The van der Waals surface area contributed by atoms with E-state index in [9.17, 15) is 18.8 Å². The number of carbonyl (C=O) groups is 1. The van der Waals surface area contributed by atoms with Crippen LogP contribution in [0, 0.1) is 17.0 Å². The summed E-state index contributed by atoms with van der Waals surface area (Å²) in [4.78, 5) is 47.8. The van der Waals surface area contributed by atoms with E-state index in [0.717, 1.165) is 35.2 Å². The molecule has 0 aliphatic carbocycles. The van der Waals surface area contributed by atoms with E-state index in [-0.39, 0.29) is 28.4 Å². The van der Waals surface area contributed by atoms with Crippen LogP contribution in [0.5, 0.6) is 5.75 Å². The highest BCUT2D eigenvalue weighted by Crippen LogP contribution is 2.27. The quantitative estimate of drug-likeness (QED) is 0.205. The minimum atomic E-state index is -0.929. The lowest BCUT2D eigenvalue weighted by Gasteiger charge is -2.20. The summed E-state index contributed by atoms with van der Waals surface area (Å²) in [7, 11) is 0. The van der Waals surface area contributed by atoms with Crippen molar-refractivity contribution >= 4 is 23.8 Å². The molecule has 2 aromatic carbocycles. The van der Waals surface area contributed by atoms with Gasteiger partial charge in [0.2, 0.25) is 5.95 Å². The predicted octanol–water partition coefficient (Wildman–Crippen LogP) is 4.25. The zero-order chi connectivity index (χ0) is 32.1. The molecule has 228 valence electrons. The van der Waals surface area contributed by atoms with E-state index in [0.29, 0.717) is 17.3 Å². The number of hydrogen-bond donors (Lipinski definition) is 4. The second kappa shape index (κ2) is 13.0. The van der Waals surface area contributed by atoms with Crippen LogP contribution >= 0.6 is 0 Å². The van der Waals surface area contributed by atoms with Gasteiger partial charge in [0.15, 0.2) is 17.3 Å². The molecule has 1 amide bonds. The van der Waals surface area contributed by atoms with E-state index < -0.39 is 34.8 Å². The van der Waals surface area contributed by atoms with E-state index in [1.807, 2.05) is 0 Å². The molecule has 0 atom stereocenters. The van der Waals surface area contributed by atoms with Crippen LogP contribution < -0.4 is 31.9 Å². The maximum absolute atomic E-state index is 15.3. The second-order valence-corrected chi connectivity index (χ2v) is 9.84. The van der Waals surface area contributed by atoms with Gasteiger partial charge in [-0.15, -0.1) is 0 Å². The zero-order valence-corrected chi connectivity index (χ0v) is 23.9. The van der Waals surface area contributed by atoms with Gasteiger partial charge in [0.05, 0.1) is 17.1 Å². The number of nitrogens with one attached hydrogen (secondary N) is 4. The molecule has 0 bridgehead atoms. The standard InChI is InChI=1S/C31H26F2N8O4/c1-18(2)40-17-23(29(43)41(31(40)44)22-7-4-19(32)5-8-22)28(42)38-20-6-9-26(24(33)14-20)45-27-15-21(16-37-25(27)10-11-34)39-30-35-12-3-13-36-30/h3-18,34,37H,1-2H3,(H,38,42)(H,35,36,39)/b25-10-,34-11?. The first-order valence-electron chi connectivity index (χ1n) is 13.5. The van der Waals surface area contributed by atoms with Crippen molar-refractivity contribution in [3.05, 3.63) is 141 Å². The molecular weight excluding hydrogens is 586 g/mol. The number of hydrogen-bond acceptors (Lipinski definition) is 9. The van der Waals surface area contributed by atoms with E-state index >= 15 is 4.39 Å². The number of carbonyl (C=O) groups excluding carboxylic acids is 1. The van der Waals surface area contributed by atoms with Gasteiger partial charge in [-0.25, -0.2) is 28.1 Å². The lowest BCUT2D eigenvalue weighted by atomic mass is 10.2. The predicted molar refractivity (Wildman–Crippen MR) is 163 cm³/mol. The van der Waals surface area contributed by atoms with Crippen LogP contribution in [-0.2, 0) is 0 Å². The topological polar surface area (TPSA) is 156 Å². The molecule has 5 rings (SSSR count). The number of allylic oxidation sites excluding steroid dienone is 2. The van der Waals surface area contributed by atoms with Gasteiger partial charge in [-0.2, -0.15) is 0 Å². The third-order valence-corrected chi connectivity index (χ3v) is 6.42. The van der Waals surface area contributed by atoms with Crippen LogP contribution in [0.25, 0.3) is 5.69 Å². The zero-order valence-electron chi connectivity index (χ0n) is 23.9. The first-order chi connectivity index (χ1) is 21.6. The first kappa shape index (κ1) is 30.3. The lowest BCUT2D eigenvalue weighted by Crippen LogP contribution is -2.42. The highest BCUT2D eigenvalue weighted by Gasteiger charge is 2.21. The Labute approximate surface area is 254 Å². The molecule has 1 aliphatic heterocycles. The maximum Gasteiger partial charge on any atom is 0.335 e. The van der Waals surface area contributed by atoms with Crippen molar-refractivity contribution in [2.24, 2.45) is 0 Å². The molecule has 0 saturated heterocycles. The van der Waals surface area contributed by atoms with Crippen molar-refractivity contribution in [3.63, 3.8) is 0 Å². The highest BCUT2D eigenvalue weighted by molar-refractivity contribution is 6.03. The van der Waals surface area contributed by atoms with Crippen LogP contribution in [0.3, 0.4) is 0 Å². The molecule has 3 heterocycles. The van der Waals surface area contributed by atoms with E-state index in [2.05, 4.69) is 25.9 Å². The van der Waals surface area contributed by atoms with E-state index in [1.165, 1.54) is 34.9 Å². The molecule has 0 unspecified atom stereocenters. The number of aromatic nitrogens is 4. The number of amides is 1. The number of anilines is 2. The Hall–Kier alpha value is -6.18. The molecule has 0 radical (unpaired) electrons. The summed E-state index contributed by atoms with van der Waals surface area (Å²) < 4.78 is 36.5. The summed E-state index contributed by atoms with van der Waals surface area (Å²) in [6.45, 7) is 3.39. The summed E-state index contributed by atoms with van der Waals surface area (Å²) in [6, 6.07) is 9.59. The van der Waals surface area contributed by atoms with Gasteiger partial charge in [-0.3, -0.25) is 14.2 Å². The number of nitrogens with zero attached hydrogens (tertiary/aromatic N) is 4. The molecule has 0 spiro atoms. The minimum Gasteiger partial charge on any atom is -0.452 e. The highest BCUT2D eigenvalue weighted by atomic mass is 19.1. The third kappa shape index (κ3) is 6.74. The number of dihydropyridines is 1. The summed E-state index contributed by atoms with van der Waals surface area (Å²) >= 11 is 0. The fraction of sp³-hybridized carbons (Fsp3) is 0.0968. The molecule has 1 aliphatic rings. The molecular formula is C31H26F2N8O4. The largest absolute Gasteiger partial charge is 0.452 e. The number of halogens is 2. The van der Waals surface area contributed by atoms with Crippen molar-refractivity contribution in [1.29, 1.82) is 5.41 Å². The molecule has 14 heteroatoms. The number of rotatable bonds is 9. The fourth-order valence-electron chi connectivity index (χ4n) is 4.24. The van der Waals surface area contributed by atoms with Crippen LogP contribution in [-0.4, -0.2) is 31.2 Å². The Morgan fingerprint density at radius 3 is 2.49 bits per heavy atom. The second-order valence-electron chi connectivity index (χ2n) is 9.84.